The molecule has 0 aliphatic heterocycles. The Balaban J connectivity index is 1.60. The Labute approximate surface area is 197 Å². The lowest BCUT2D eigenvalue weighted by Gasteiger charge is -2.13. The summed E-state index contributed by atoms with van der Waals surface area (Å²) in [5, 5.41) is 5.36. The molecule has 0 aliphatic carbocycles. The van der Waals surface area contributed by atoms with Crippen LogP contribution in [0.5, 0.6) is 0 Å². The normalized spacial score (nSPS) is 11.3. The number of hydrogen-bond donors (Lipinski definition) is 1. The van der Waals surface area contributed by atoms with Crippen LogP contribution in [0.25, 0.3) is 5.69 Å². The number of halogens is 2. The van der Waals surface area contributed by atoms with Crippen molar-refractivity contribution < 1.29 is 4.79 Å². The number of aryl methyl sites for hydroxylation is 3. The molecule has 0 saturated heterocycles. The zero-order valence-corrected chi connectivity index (χ0v) is 20.3. The van der Waals surface area contributed by atoms with E-state index in [-0.39, 0.29) is 11.7 Å². The third kappa shape index (κ3) is 5.73. The Bertz CT molecular complexity index is 1120. The van der Waals surface area contributed by atoms with Crippen LogP contribution in [-0.2, 0) is 10.5 Å². The highest BCUT2D eigenvalue weighted by molar-refractivity contribution is 7.99. The Morgan fingerprint density at radius 3 is 2.48 bits per heavy atom. The largest absolute Gasteiger partial charge is 0.318 e. The molecule has 0 bridgehead atoms. The minimum absolute atomic E-state index is 0.174. The molecule has 0 radical (unpaired) electrons. The zero-order chi connectivity index (χ0) is 22.5. The number of carbonyl (C=O) groups is 1. The second-order valence-electron chi connectivity index (χ2n) is 7.44. The van der Waals surface area contributed by atoms with E-state index in [2.05, 4.69) is 67.1 Å². The average molecular weight is 474 g/mol. The van der Waals surface area contributed by atoms with E-state index >= 15 is 0 Å². The van der Waals surface area contributed by atoms with Crippen LogP contribution in [0.4, 0.5) is 0 Å². The number of rotatable bonds is 7. The SMILES string of the molecule is Cc1ccc(-n2c(C)cc(/C=N\NC(=O)CSCc3c(Cl)cccc3Cl)c2C)c(C)c1. The molecular formula is C24H25Cl2N3OS. The molecule has 0 fully saturated rings. The zero-order valence-electron chi connectivity index (χ0n) is 18.0. The van der Waals surface area contributed by atoms with Gasteiger partial charge in [0.1, 0.15) is 0 Å². The molecule has 0 spiro atoms. The first kappa shape index (κ1) is 23.5. The maximum atomic E-state index is 12.1. The minimum atomic E-state index is -0.174. The molecule has 1 N–H and O–H groups in total. The first-order valence-corrected chi connectivity index (χ1v) is 11.8. The molecule has 4 nitrogen and oxygen atoms in total. The second-order valence-corrected chi connectivity index (χ2v) is 9.24. The van der Waals surface area contributed by atoms with Crippen molar-refractivity contribution in [1.82, 2.24) is 9.99 Å². The van der Waals surface area contributed by atoms with E-state index in [0.717, 1.165) is 28.2 Å². The first-order valence-electron chi connectivity index (χ1n) is 9.87. The van der Waals surface area contributed by atoms with Gasteiger partial charge in [-0.15, -0.1) is 11.8 Å². The van der Waals surface area contributed by atoms with Gasteiger partial charge >= 0.3 is 0 Å². The van der Waals surface area contributed by atoms with Gasteiger partial charge in [0.05, 0.1) is 12.0 Å². The molecule has 0 aliphatic rings. The van der Waals surface area contributed by atoms with Gasteiger partial charge in [0.25, 0.3) is 0 Å². The molecule has 1 amide bonds. The smallest absolute Gasteiger partial charge is 0.250 e. The Morgan fingerprint density at radius 1 is 1.10 bits per heavy atom. The van der Waals surface area contributed by atoms with E-state index in [1.165, 1.54) is 22.9 Å². The van der Waals surface area contributed by atoms with Crippen LogP contribution in [0.1, 0.15) is 33.6 Å². The first-order chi connectivity index (χ1) is 14.8. The highest BCUT2D eigenvalue weighted by atomic mass is 35.5. The number of carbonyl (C=O) groups excluding carboxylic acids is 1. The maximum absolute atomic E-state index is 12.1. The molecule has 0 saturated carbocycles. The number of aromatic nitrogens is 1. The molecule has 1 heterocycles. The van der Waals surface area contributed by atoms with Gasteiger partial charge < -0.3 is 4.57 Å². The number of hydrogen-bond acceptors (Lipinski definition) is 3. The van der Waals surface area contributed by atoms with Gasteiger partial charge in [-0.2, -0.15) is 5.10 Å². The van der Waals surface area contributed by atoms with E-state index in [4.69, 9.17) is 23.2 Å². The van der Waals surface area contributed by atoms with Crippen LogP contribution in [0.2, 0.25) is 10.0 Å². The summed E-state index contributed by atoms with van der Waals surface area (Å²) < 4.78 is 2.21. The lowest BCUT2D eigenvalue weighted by molar-refractivity contribution is -0.118. The lowest BCUT2D eigenvalue weighted by atomic mass is 10.1. The Kier molecular flexibility index (Phi) is 7.87. The maximum Gasteiger partial charge on any atom is 0.250 e. The number of nitrogens with zero attached hydrogens (tertiary/aromatic N) is 2. The molecular weight excluding hydrogens is 449 g/mol. The van der Waals surface area contributed by atoms with Crippen molar-refractivity contribution in [3.05, 3.63) is 86.2 Å². The topological polar surface area (TPSA) is 46.4 Å². The van der Waals surface area contributed by atoms with Crippen molar-refractivity contribution in [3.8, 4) is 5.69 Å². The highest BCUT2D eigenvalue weighted by Gasteiger charge is 2.12. The quantitative estimate of drug-likeness (QED) is 0.318. The molecule has 162 valence electrons. The van der Waals surface area contributed by atoms with Gasteiger partial charge in [-0.25, -0.2) is 5.43 Å². The highest BCUT2D eigenvalue weighted by Crippen LogP contribution is 2.28. The van der Waals surface area contributed by atoms with Crippen LogP contribution >= 0.6 is 35.0 Å². The summed E-state index contributed by atoms with van der Waals surface area (Å²) >= 11 is 13.8. The predicted octanol–water partition coefficient (Wildman–Crippen LogP) is 6.40. The number of hydrazone groups is 1. The van der Waals surface area contributed by atoms with E-state index in [1.54, 1.807) is 24.4 Å². The van der Waals surface area contributed by atoms with Crippen molar-refractivity contribution in [3.63, 3.8) is 0 Å². The molecule has 0 unspecified atom stereocenters. The van der Waals surface area contributed by atoms with Crippen molar-refractivity contribution in [2.75, 3.05) is 5.75 Å². The fourth-order valence-corrected chi connectivity index (χ4v) is 5.02. The van der Waals surface area contributed by atoms with Crippen molar-refractivity contribution in [2.24, 2.45) is 5.10 Å². The third-order valence-electron chi connectivity index (χ3n) is 5.00. The predicted molar refractivity (Wildman–Crippen MR) is 133 cm³/mol. The van der Waals surface area contributed by atoms with Crippen molar-refractivity contribution in [2.45, 2.75) is 33.4 Å². The van der Waals surface area contributed by atoms with Gasteiger partial charge in [-0.05, 0) is 63.1 Å². The monoisotopic (exact) mass is 473 g/mol. The number of nitrogens with one attached hydrogen (secondary N) is 1. The number of amides is 1. The van der Waals surface area contributed by atoms with Crippen LogP contribution in [0, 0.1) is 27.7 Å². The van der Waals surface area contributed by atoms with Crippen molar-refractivity contribution in [1.29, 1.82) is 0 Å². The van der Waals surface area contributed by atoms with Gasteiger partial charge in [0, 0.05) is 38.4 Å². The van der Waals surface area contributed by atoms with Crippen LogP contribution in [0.15, 0.2) is 47.6 Å². The molecule has 2 aromatic carbocycles. The van der Waals surface area contributed by atoms with E-state index in [1.807, 2.05) is 0 Å². The Hall–Kier alpha value is -2.21. The summed E-state index contributed by atoms with van der Waals surface area (Å²) in [6.45, 7) is 8.33. The summed E-state index contributed by atoms with van der Waals surface area (Å²) in [5.41, 5.74) is 10.2. The third-order valence-corrected chi connectivity index (χ3v) is 6.66. The minimum Gasteiger partial charge on any atom is -0.318 e. The average Bonchev–Trinajstić information content (AvgIpc) is 2.98. The lowest BCUT2D eigenvalue weighted by Crippen LogP contribution is -2.19. The molecule has 3 aromatic rings. The molecule has 31 heavy (non-hydrogen) atoms. The standard InChI is InChI=1S/C24H25Cl2N3OS/c1-15-8-9-23(16(2)10-15)29-17(3)11-19(18(29)4)12-27-28-24(30)14-31-13-20-21(25)6-5-7-22(20)26/h5-12H,13-14H2,1-4H3,(H,28,30)/b27-12-. The summed E-state index contributed by atoms with van der Waals surface area (Å²) in [7, 11) is 0. The van der Waals surface area contributed by atoms with E-state index in [9.17, 15) is 4.79 Å². The number of benzene rings is 2. The Morgan fingerprint density at radius 2 is 1.81 bits per heavy atom. The van der Waals surface area contributed by atoms with Crippen LogP contribution in [-0.4, -0.2) is 22.4 Å². The summed E-state index contributed by atoms with van der Waals surface area (Å²) in [6, 6.07) is 13.9. The number of thioether (sulfide) groups is 1. The van der Waals surface area contributed by atoms with Gasteiger partial charge in [0.15, 0.2) is 0 Å². The fraction of sp³-hybridized carbons (Fsp3) is 0.250. The fourth-order valence-electron chi connectivity index (χ4n) is 3.47. The van der Waals surface area contributed by atoms with Gasteiger partial charge in [-0.3, -0.25) is 4.79 Å². The van der Waals surface area contributed by atoms with E-state index < -0.39 is 0 Å². The van der Waals surface area contributed by atoms with Gasteiger partial charge in [0.2, 0.25) is 5.91 Å². The second kappa shape index (κ2) is 10.4. The summed E-state index contributed by atoms with van der Waals surface area (Å²) in [6.07, 6.45) is 1.69. The van der Waals surface area contributed by atoms with Crippen LogP contribution in [0.3, 0.4) is 0 Å². The molecule has 1 aromatic heterocycles. The molecule has 0 atom stereocenters. The molecule has 3 rings (SSSR count). The summed E-state index contributed by atoms with van der Waals surface area (Å²) in [5.74, 6) is 0.653. The van der Waals surface area contributed by atoms with E-state index in [0.29, 0.717) is 15.8 Å². The molecule has 7 heteroatoms. The van der Waals surface area contributed by atoms with Gasteiger partial charge in [-0.1, -0.05) is 47.0 Å². The van der Waals surface area contributed by atoms with Crippen LogP contribution < -0.4 is 5.43 Å². The summed E-state index contributed by atoms with van der Waals surface area (Å²) in [4.78, 5) is 12.1. The van der Waals surface area contributed by atoms with Crippen molar-refractivity contribution >= 4 is 47.1 Å².